The molecule has 0 unspecified atom stereocenters. The molecule has 3 rings (SSSR count). The number of hydrogen-bond donors (Lipinski definition) is 1. The number of nitrogens with zero attached hydrogens (tertiary/aromatic N) is 4. The lowest BCUT2D eigenvalue weighted by molar-refractivity contribution is 0.948. The molecule has 0 radical (unpaired) electrons. The van der Waals surface area contributed by atoms with Crippen LogP contribution in [0.5, 0.6) is 0 Å². The number of aryl methyl sites for hydroxylation is 1. The minimum atomic E-state index is 0.619. The molecule has 1 N–H and O–H groups in total. The first-order valence-corrected chi connectivity index (χ1v) is 5.70. The van der Waals surface area contributed by atoms with Crippen LogP contribution in [0.3, 0.4) is 0 Å². The van der Waals surface area contributed by atoms with Crippen molar-refractivity contribution in [2.45, 2.75) is 0 Å². The van der Waals surface area contributed by atoms with Crippen LogP contribution in [0.15, 0.2) is 36.8 Å². The highest BCUT2D eigenvalue weighted by molar-refractivity contribution is 5.81. The zero-order chi connectivity index (χ0) is 12.5. The predicted octanol–water partition coefficient (Wildman–Crippen LogP) is 2.07. The van der Waals surface area contributed by atoms with Crippen molar-refractivity contribution in [2.24, 2.45) is 7.05 Å². The van der Waals surface area contributed by atoms with E-state index in [1.807, 2.05) is 36.1 Å². The number of aromatic nitrogens is 4. The van der Waals surface area contributed by atoms with Crippen molar-refractivity contribution in [3.8, 4) is 11.3 Å². The quantitative estimate of drug-likeness (QED) is 0.743. The summed E-state index contributed by atoms with van der Waals surface area (Å²) in [6.07, 6.45) is 3.56. The van der Waals surface area contributed by atoms with Gasteiger partial charge in [-0.25, -0.2) is 15.0 Å². The molecule has 0 aliphatic rings. The Hall–Kier alpha value is -2.43. The van der Waals surface area contributed by atoms with Gasteiger partial charge < -0.3 is 9.88 Å². The van der Waals surface area contributed by atoms with Crippen LogP contribution in [-0.4, -0.2) is 26.6 Å². The van der Waals surface area contributed by atoms with Crippen LogP contribution in [0.4, 0.5) is 5.95 Å². The van der Waals surface area contributed by atoms with Gasteiger partial charge in [0.25, 0.3) is 0 Å². The van der Waals surface area contributed by atoms with Crippen molar-refractivity contribution < 1.29 is 0 Å². The van der Waals surface area contributed by atoms with E-state index < -0.39 is 0 Å². The Morgan fingerprint density at radius 3 is 2.89 bits per heavy atom. The molecule has 0 saturated heterocycles. The normalized spacial score (nSPS) is 10.8. The third-order valence-electron chi connectivity index (χ3n) is 2.90. The second-order valence-electron chi connectivity index (χ2n) is 4.07. The molecular formula is C13H13N5. The lowest BCUT2D eigenvalue weighted by Crippen LogP contribution is -1.96. The van der Waals surface area contributed by atoms with E-state index in [9.17, 15) is 0 Å². The van der Waals surface area contributed by atoms with E-state index in [0.717, 1.165) is 22.3 Å². The molecule has 0 aliphatic carbocycles. The number of nitrogens with one attached hydrogen (secondary N) is 1. The molecule has 0 amide bonds. The van der Waals surface area contributed by atoms with E-state index in [-0.39, 0.29) is 0 Å². The minimum Gasteiger partial charge on any atom is -0.357 e. The molecular weight excluding hydrogens is 226 g/mol. The first-order valence-electron chi connectivity index (χ1n) is 5.70. The maximum atomic E-state index is 4.42. The number of rotatable bonds is 2. The maximum Gasteiger partial charge on any atom is 0.222 e. The highest BCUT2D eigenvalue weighted by Gasteiger charge is 2.05. The molecule has 2 aromatic heterocycles. The highest BCUT2D eigenvalue weighted by Crippen LogP contribution is 2.22. The second kappa shape index (κ2) is 4.10. The van der Waals surface area contributed by atoms with E-state index in [1.165, 1.54) is 0 Å². The maximum absolute atomic E-state index is 4.42. The van der Waals surface area contributed by atoms with E-state index in [4.69, 9.17) is 0 Å². The van der Waals surface area contributed by atoms with Crippen LogP contribution in [-0.2, 0) is 7.05 Å². The average molecular weight is 239 g/mol. The number of hydrogen-bond acceptors (Lipinski definition) is 4. The molecule has 1 aromatic carbocycles. The number of imidazole rings is 1. The van der Waals surface area contributed by atoms with Crippen molar-refractivity contribution in [1.82, 2.24) is 19.5 Å². The highest BCUT2D eigenvalue weighted by atomic mass is 15.1. The minimum absolute atomic E-state index is 0.619. The summed E-state index contributed by atoms with van der Waals surface area (Å²) in [5.41, 5.74) is 4.02. The monoisotopic (exact) mass is 239 g/mol. The van der Waals surface area contributed by atoms with E-state index in [2.05, 4.69) is 26.3 Å². The van der Waals surface area contributed by atoms with E-state index in [0.29, 0.717) is 5.95 Å². The molecule has 2 heterocycles. The van der Waals surface area contributed by atoms with Crippen molar-refractivity contribution >= 4 is 17.0 Å². The first kappa shape index (κ1) is 10.7. The van der Waals surface area contributed by atoms with Gasteiger partial charge in [0.15, 0.2) is 0 Å². The van der Waals surface area contributed by atoms with Gasteiger partial charge in [0.2, 0.25) is 5.95 Å². The average Bonchev–Trinajstić information content (AvgIpc) is 2.80. The Labute approximate surface area is 105 Å². The number of benzene rings is 1. The Bertz CT molecular complexity index is 701. The molecule has 0 aliphatic heterocycles. The van der Waals surface area contributed by atoms with Crippen LogP contribution in [0.1, 0.15) is 0 Å². The Kier molecular flexibility index (Phi) is 2.44. The molecule has 18 heavy (non-hydrogen) atoms. The summed E-state index contributed by atoms with van der Waals surface area (Å²) in [5, 5.41) is 2.94. The van der Waals surface area contributed by atoms with Crippen LogP contribution in [0.2, 0.25) is 0 Å². The predicted molar refractivity (Wildman–Crippen MR) is 71.3 cm³/mol. The summed E-state index contributed by atoms with van der Waals surface area (Å²) in [4.78, 5) is 12.9. The number of anilines is 1. The summed E-state index contributed by atoms with van der Waals surface area (Å²) in [7, 11) is 3.79. The topological polar surface area (TPSA) is 55.6 Å². The second-order valence-corrected chi connectivity index (χ2v) is 4.07. The third-order valence-corrected chi connectivity index (χ3v) is 2.90. The van der Waals surface area contributed by atoms with Crippen LogP contribution in [0.25, 0.3) is 22.3 Å². The summed E-state index contributed by atoms with van der Waals surface area (Å²) in [5.74, 6) is 0.619. The summed E-state index contributed by atoms with van der Waals surface area (Å²) in [6, 6.07) is 8.03. The molecule has 5 heteroatoms. The first-order chi connectivity index (χ1) is 8.78. The summed E-state index contributed by atoms with van der Waals surface area (Å²) in [6.45, 7) is 0. The molecule has 90 valence electrons. The summed E-state index contributed by atoms with van der Waals surface area (Å²) < 4.78 is 2.00. The fourth-order valence-electron chi connectivity index (χ4n) is 1.94. The van der Waals surface area contributed by atoms with Gasteiger partial charge in [0.1, 0.15) is 0 Å². The van der Waals surface area contributed by atoms with Gasteiger partial charge in [-0.3, -0.25) is 0 Å². The Balaban J connectivity index is 2.13. The van der Waals surface area contributed by atoms with Crippen LogP contribution >= 0.6 is 0 Å². The molecule has 5 nitrogen and oxygen atoms in total. The van der Waals surface area contributed by atoms with Gasteiger partial charge in [0, 0.05) is 25.9 Å². The molecule has 0 saturated carbocycles. The largest absolute Gasteiger partial charge is 0.357 e. The van der Waals surface area contributed by atoms with Gasteiger partial charge in [-0.05, 0) is 18.2 Å². The van der Waals surface area contributed by atoms with Gasteiger partial charge in [0.05, 0.1) is 23.1 Å². The van der Waals surface area contributed by atoms with Crippen LogP contribution < -0.4 is 5.32 Å². The third kappa shape index (κ3) is 1.69. The fourth-order valence-corrected chi connectivity index (χ4v) is 1.94. The lowest BCUT2D eigenvalue weighted by atomic mass is 10.1. The zero-order valence-electron chi connectivity index (χ0n) is 10.3. The van der Waals surface area contributed by atoms with E-state index in [1.54, 1.807) is 13.2 Å². The number of fused-ring (bicyclic) bond motifs is 1. The SMILES string of the molecule is CNc1nccc(-c2ccc3c(c2)ncn3C)n1. The van der Waals surface area contributed by atoms with Gasteiger partial charge in [-0.15, -0.1) is 0 Å². The van der Waals surface area contributed by atoms with Gasteiger partial charge in [-0.2, -0.15) is 0 Å². The Morgan fingerprint density at radius 1 is 1.17 bits per heavy atom. The Morgan fingerprint density at radius 2 is 2.06 bits per heavy atom. The molecule has 0 atom stereocenters. The van der Waals surface area contributed by atoms with E-state index >= 15 is 0 Å². The fraction of sp³-hybridized carbons (Fsp3) is 0.154. The smallest absolute Gasteiger partial charge is 0.222 e. The van der Waals surface area contributed by atoms with Gasteiger partial charge in [-0.1, -0.05) is 6.07 Å². The molecule has 0 spiro atoms. The van der Waals surface area contributed by atoms with Crippen molar-refractivity contribution in [1.29, 1.82) is 0 Å². The molecule has 3 aromatic rings. The van der Waals surface area contributed by atoms with Crippen LogP contribution in [0, 0.1) is 0 Å². The molecule has 0 fully saturated rings. The lowest BCUT2D eigenvalue weighted by Gasteiger charge is -2.03. The summed E-state index contributed by atoms with van der Waals surface area (Å²) >= 11 is 0. The zero-order valence-corrected chi connectivity index (χ0v) is 10.3. The van der Waals surface area contributed by atoms with Crippen molar-refractivity contribution in [2.75, 3.05) is 12.4 Å². The van der Waals surface area contributed by atoms with Crippen molar-refractivity contribution in [3.63, 3.8) is 0 Å². The van der Waals surface area contributed by atoms with Gasteiger partial charge >= 0.3 is 0 Å². The molecule has 0 bridgehead atoms. The standard InChI is InChI=1S/C13H13N5/c1-14-13-15-6-5-10(17-13)9-3-4-12-11(7-9)16-8-18(12)2/h3-8H,1-2H3,(H,14,15,17). The van der Waals surface area contributed by atoms with Crippen molar-refractivity contribution in [3.05, 3.63) is 36.8 Å².